The van der Waals surface area contributed by atoms with Gasteiger partial charge in [-0.15, -0.1) is 0 Å². The van der Waals surface area contributed by atoms with E-state index in [2.05, 4.69) is 27.8 Å². The molecule has 0 spiro atoms. The topological polar surface area (TPSA) is 113 Å². The number of aryl methyl sites for hydroxylation is 2. The van der Waals surface area contributed by atoms with Gasteiger partial charge in [0.15, 0.2) is 0 Å². The van der Waals surface area contributed by atoms with Gasteiger partial charge in [-0.25, -0.2) is 9.78 Å². The summed E-state index contributed by atoms with van der Waals surface area (Å²) in [5.41, 5.74) is 4.15. The maximum absolute atomic E-state index is 13.0. The zero-order chi connectivity index (χ0) is 26.3. The molecule has 1 amide bonds. The van der Waals surface area contributed by atoms with Crippen LogP contribution in [0.1, 0.15) is 53.7 Å². The first-order valence-electron chi connectivity index (χ1n) is 13.4. The number of rotatable bonds is 11. The van der Waals surface area contributed by atoms with Crippen molar-refractivity contribution in [2.24, 2.45) is 5.92 Å². The van der Waals surface area contributed by atoms with Crippen LogP contribution in [0.15, 0.2) is 60.8 Å². The van der Waals surface area contributed by atoms with Crippen molar-refractivity contribution in [3.05, 3.63) is 77.6 Å². The van der Waals surface area contributed by atoms with Gasteiger partial charge < -0.3 is 20.5 Å². The number of anilines is 1. The van der Waals surface area contributed by atoms with E-state index in [1.54, 1.807) is 24.4 Å². The zero-order valence-corrected chi connectivity index (χ0v) is 21.4. The van der Waals surface area contributed by atoms with Crippen molar-refractivity contribution in [2.45, 2.75) is 57.1 Å². The number of carbonyl (C=O) groups excluding carboxylic acids is 1. The third-order valence-electron chi connectivity index (χ3n) is 7.43. The summed E-state index contributed by atoms with van der Waals surface area (Å²) >= 11 is 0. The molecule has 1 atom stereocenters. The van der Waals surface area contributed by atoms with Gasteiger partial charge in [-0.2, -0.15) is 0 Å². The summed E-state index contributed by atoms with van der Waals surface area (Å²) in [4.78, 5) is 33.9. The molecule has 0 radical (unpaired) electrons. The Morgan fingerprint density at radius 2 is 1.95 bits per heavy atom. The molecular formula is C30H34N4O4. The second kappa shape index (κ2) is 12.2. The number of nitrogens with zero attached hydrogens (tertiary/aromatic N) is 2. The first kappa shape index (κ1) is 25.9. The van der Waals surface area contributed by atoms with Gasteiger partial charge in [-0.3, -0.25) is 9.78 Å². The van der Waals surface area contributed by atoms with Crippen LogP contribution in [-0.4, -0.2) is 52.2 Å². The fraction of sp³-hybridized carbons (Fsp3) is 0.400. The van der Waals surface area contributed by atoms with E-state index >= 15 is 0 Å². The minimum absolute atomic E-state index is 0.146. The number of amides is 1. The monoisotopic (exact) mass is 514 g/mol. The molecule has 0 bridgehead atoms. The number of hydrogen-bond donors (Lipinski definition) is 3. The van der Waals surface area contributed by atoms with Crippen LogP contribution < -0.4 is 10.6 Å². The number of ether oxygens (including phenoxy) is 1. The smallest absolute Gasteiger partial charge is 0.326 e. The number of aliphatic carboxylic acids is 1. The first-order valence-corrected chi connectivity index (χ1v) is 13.4. The van der Waals surface area contributed by atoms with Crippen LogP contribution in [0.4, 0.5) is 5.82 Å². The van der Waals surface area contributed by atoms with Gasteiger partial charge >= 0.3 is 5.97 Å². The number of fused-ring (bicyclic) bond motifs is 1. The largest absolute Gasteiger partial charge is 0.480 e. The average Bonchev–Trinajstić information content (AvgIpc) is 2.93. The molecule has 5 rings (SSSR count). The SMILES string of the molecule is O=C(N[C@@H](CCOC1CC(CCc2ccc3c(n2)NCCC3)C1)C(=O)O)c1ccccc1-c1ccccn1. The number of nitrogens with one attached hydrogen (secondary N) is 2. The quantitative estimate of drug-likeness (QED) is 0.345. The molecule has 3 aromatic rings. The van der Waals surface area contributed by atoms with Gasteiger partial charge in [-0.1, -0.05) is 30.3 Å². The second-order valence-corrected chi connectivity index (χ2v) is 10.1. The minimum atomic E-state index is -1.07. The molecular weight excluding hydrogens is 480 g/mol. The third kappa shape index (κ3) is 6.37. The summed E-state index contributed by atoms with van der Waals surface area (Å²) in [7, 11) is 0. The second-order valence-electron chi connectivity index (χ2n) is 10.1. The third-order valence-corrected chi connectivity index (χ3v) is 7.43. The molecule has 3 heterocycles. The summed E-state index contributed by atoms with van der Waals surface area (Å²) in [5, 5.41) is 15.8. The molecule has 2 aromatic heterocycles. The molecule has 1 aliphatic carbocycles. The first-order chi connectivity index (χ1) is 18.6. The highest BCUT2D eigenvalue weighted by atomic mass is 16.5. The molecule has 3 N–H and O–H groups in total. The number of hydrogen-bond acceptors (Lipinski definition) is 6. The number of carboxylic acids is 1. The Bertz CT molecular complexity index is 1260. The number of benzene rings is 1. The molecule has 38 heavy (non-hydrogen) atoms. The van der Waals surface area contributed by atoms with Crippen LogP contribution >= 0.6 is 0 Å². The maximum Gasteiger partial charge on any atom is 0.326 e. The van der Waals surface area contributed by atoms with Crippen molar-refractivity contribution < 1.29 is 19.4 Å². The van der Waals surface area contributed by atoms with Crippen molar-refractivity contribution in [3.63, 3.8) is 0 Å². The Balaban J connectivity index is 1.06. The van der Waals surface area contributed by atoms with E-state index in [1.807, 2.05) is 24.3 Å². The van der Waals surface area contributed by atoms with Gasteiger partial charge in [0, 0.05) is 42.6 Å². The molecule has 8 heteroatoms. The van der Waals surface area contributed by atoms with Crippen LogP contribution in [0.3, 0.4) is 0 Å². The van der Waals surface area contributed by atoms with Crippen LogP contribution in [0, 0.1) is 5.92 Å². The van der Waals surface area contributed by atoms with E-state index in [9.17, 15) is 14.7 Å². The van der Waals surface area contributed by atoms with Gasteiger partial charge in [-0.05, 0) is 74.3 Å². The highest BCUT2D eigenvalue weighted by Gasteiger charge is 2.30. The van der Waals surface area contributed by atoms with Crippen molar-refractivity contribution in [1.29, 1.82) is 0 Å². The number of aromatic nitrogens is 2. The molecule has 1 saturated carbocycles. The zero-order valence-electron chi connectivity index (χ0n) is 21.4. The molecule has 1 aromatic carbocycles. The van der Waals surface area contributed by atoms with Crippen LogP contribution in [0.5, 0.6) is 0 Å². The normalized spacial score (nSPS) is 18.9. The number of carboxylic acid groups (broad SMARTS) is 1. The number of carbonyl (C=O) groups is 2. The van der Waals surface area contributed by atoms with Crippen LogP contribution in [-0.2, 0) is 22.4 Å². The Kier molecular flexibility index (Phi) is 8.28. The summed E-state index contributed by atoms with van der Waals surface area (Å²) < 4.78 is 5.95. The molecule has 1 fully saturated rings. The van der Waals surface area contributed by atoms with E-state index in [-0.39, 0.29) is 19.1 Å². The molecule has 2 aliphatic rings. The van der Waals surface area contributed by atoms with E-state index in [0.717, 1.165) is 56.6 Å². The summed E-state index contributed by atoms with van der Waals surface area (Å²) in [5.74, 6) is 0.136. The Morgan fingerprint density at radius 3 is 2.76 bits per heavy atom. The fourth-order valence-corrected chi connectivity index (χ4v) is 5.18. The van der Waals surface area contributed by atoms with E-state index in [0.29, 0.717) is 22.7 Å². The van der Waals surface area contributed by atoms with Gasteiger partial charge in [0.2, 0.25) is 0 Å². The predicted octanol–water partition coefficient (Wildman–Crippen LogP) is 4.50. The Hall–Kier alpha value is -3.78. The Morgan fingerprint density at radius 1 is 1.11 bits per heavy atom. The lowest BCUT2D eigenvalue weighted by atomic mass is 9.79. The lowest BCUT2D eigenvalue weighted by Gasteiger charge is -2.35. The summed E-state index contributed by atoms with van der Waals surface area (Å²) in [6, 6.07) is 15.9. The van der Waals surface area contributed by atoms with Crippen LogP contribution in [0.2, 0.25) is 0 Å². The van der Waals surface area contributed by atoms with Crippen molar-refractivity contribution in [1.82, 2.24) is 15.3 Å². The Labute approximate surface area is 222 Å². The van der Waals surface area contributed by atoms with Gasteiger partial charge in [0.05, 0.1) is 11.8 Å². The molecule has 8 nitrogen and oxygen atoms in total. The van der Waals surface area contributed by atoms with Crippen molar-refractivity contribution in [2.75, 3.05) is 18.5 Å². The fourth-order valence-electron chi connectivity index (χ4n) is 5.18. The average molecular weight is 515 g/mol. The van der Waals surface area contributed by atoms with Gasteiger partial charge in [0.1, 0.15) is 11.9 Å². The van der Waals surface area contributed by atoms with Crippen LogP contribution in [0.25, 0.3) is 11.3 Å². The number of pyridine rings is 2. The highest BCUT2D eigenvalue weighted by molar-refractivity contribution is 6.02. The molecule has 198 valence electrons. The van der Waals surface area contributed by atoms with Gasteiger partial charge in [0.25, 0.3) is 5.91 Å². The highest BCUT2D eigenvalue weighted by Crippen LogP contribution is 2.34. The summed E-state index contributed by atoms with van der Waals surface area (Å²) in [6.07, 6.45) is 8.27. The van der Waals surface area contributed by atoms with E-state index in [4.69, 9.17) is 9.72 Å². The lowest BCUT2D eigenvalue weighted by Crippen LogP contribution is -2.42. The minimum Gasteiger partial charge on any atom is -0.480 e. The lowest BCUT2D eigenvalue weighted by molar-refractivity contribution is -0.140. The standard InChI is InChI=1S/C30H34N4O4/c35-29(25-8-2-1-7-24(25)26-9-3-4-15-31-26)34-27(30(36)37)14-17-38-23-18-20(19-23)10-12-22-13-11-21-6-5-16-32-28(21)33-22/h1-4,7-9,11,13,15,20,23,27H,5-6,10,12,14,16-19H2,(H,32,33)(H,34,35)(H,36,37)/t20?,23?,27-/m0/s1. The molecule has 0 saturated heterocycles. The predicted molar refractivity (Wildman–Crippen MR) is 145 cm³/mol. The maximum atomic E-state index is 13.0. The van der Waals surface area contributed by atoms with Crippen molar-refractivity contribution >= 4 is 17.7 Å². The van der Waals surface area contributed by atoms with E-state index in [1.165, 1.54) is 5.56 Å². The van der Waals surface area contributed by atoms with Crippen molar-refractivity contribution in [3.8, 4) is 11.3 Å². The molecule has 0 unspecified atom stereocenters. The molecule has 1 aliphatic heterocycles. The van der Waals surface area contributed by atoms with E-state index < -0.39 is 17.9 Å². The summed E-state index contributed by atoms with van der Waals surface area (Å²) in [6.45, 7) is 1.28.